The lowest BCUT2D eigenvalue weighted by atomic mass is 10.0. The third kappa shape index (κ3) is 4.57. The van der Waals surface area contributed by atoms with E-state index in [1.54, 1.807) is 24.3 Å². The third-order valence-corrected chi connectivity index (χ3v) is 7.43. The van der Waals surface area contributed by atoms with Gasteiger partial charge in [-0.25, -0.2) is 4.57 Å². The van der Waals surface area contributed by atoms with E-state index < -0.39 is 13.3 Å². The molecule has 4 nitrogen and oxygen atoms in total. The van der Waals surface area contributed by atoms with Crippen molar-refractivity contribution >= 4 is 13.4 Å². The van der Waals surface area contributed by atoms with E-state index in [4.69, 9.17) is 13.8 Å². The normalized spacial score (nSPS) is 15.1. The number of rotatable bonds is 6. The Kier molecular flexibility index (Phi) is 5.77. The van der Waals surface area contributed by atoms with Gasteiger partial charge in [0, 0.05) is 11.1 Å². The first-order valence-corrected chi connectivity index (χ1v) is 12.4. The summed E-state index contributed by atoms with van der Waals surface area (Å²) in [5.41, 5.74) is 2.13. The molecule has 0 amide bonds. The molecule has 1 atom stereocenters. The van der Waals surface area contributed by atoms with Crippen LogP contribution in [0.15, 0.2) is 115 Å². The molecule has 4 aromatic rings. The Morgan fingerprint density at radius 1 is 0.697 bits per heavy atom. The van der Waals surface area contributed by atoms with Gasteiger partial charge in [0.25, 0.3) is 0 Å². The molecule has 0 radical (unpaired) electrons. The molecule has 0 bridgehead atoms. The Labute approximate surface area is 193 Å². The Hall–Kier alpha value is -3.75. The van der Waals surface area contributed by atoms with Gasteiger partial charge in [0.05, 0.1) is 0 Å². The molecule has 0 fully saturated rings. The number of aryl methyl sites for hydroxylation is 1. The van der Waals surface area contributed by atoms with Crippen LogP contribution in [0.2, 0.25) is 0 Å². The van der Waals surface area contributed by atoms with Crippen LogP contribution in [-0.4, -0.2) is 0 Å². The minimum absolute atomic E-state index is 0.478. The molecule has 0 N–H and O–H groups in total. The summed E-state index contributed by atoms with van der Waals surface area (Å²) in [6, 6.07) is 33.8. The first-order chi connectivity index (χ1) is 16.1. The summed E-state index contributed by atoms with van der Waals surface area (Å²) in [6.07, 6.45) is 1.85. The maximum atomic E-state index is 14.6. The molecule has 0 saturated carbocycles. The van der Waals surface area contributed by atoms with Gasteiger partial charge in [0.15, 0.2) is 0 Å². The largest absolute Gasteiger partial charge is 0.457 e. The van der Waals surface area contributed by atoms with Crippen molar-refractivity contribution in [3.05, 3.63) is 132 Å². The summed E-state index contributed by atoms with van der Waals surface area (Å²) < 4.78 is 33.0. The lowest BCUT2D eigenvalue weighted by Crippen LogP contribution is -2.15. The van der Waals surface area contributed by atoms with Crippen molar-refractivity contribution in [3.8, 4) is 17.2 Å². The van der Waals surface area contributed by atoms with Crippen molar-refractivity contribution in [2.24, 2.45) is 0 Å². The van der Waals surface area contributed by atoms with Gasteiger partial charge in [-0.1, -0.05) is 84.4 Å². The van der Waals surface area contributed by atoms with Crippen LogP contribution >= 0.6 is 7.60 Å². The average molecular weight is 454 g/mol. The van der Waals surface area contributed by atoms with Crippen LogP contribution in [0.5, 0.6) is 17.2 Å². The van der Waals surface area contributed by atoms with Crippen molar-refractivity contribution in [3.63, 3.8) is 0 Å². The molecule has 0 spiro atoms. The second-order valence-corrected chi connectivity index (χ2v) is 9.83. The van der Waals surface area contributed by atoms with Gasteiger partial charge in [0.2, 0.25) is 0 Å². The molecule has 164 valence electrons. The Bertz CT molecular complexity index is 1270. The van der Waals surface area contributed by atoms with Crippen LogP contribution in [0.3, 0.4) is 0 Å². The van der Waals surface area contributed by atoms with Crippen molar-refractivity contribution in [1.82, 2.24) is 0 Å². The van der Waals surface area contributed by atoms with E-state index in [2.05, 4.69) is 0 Å². The molecular formula is C28H23O4P. The summed E-state index contributed by atoms with van der Waals surface area (Å²) in [5.74, 6) is 2.21. The van der Waals surface area contributed by atoms with Crippen LogP contribution < -0.4 is 13.8 Å². The van der Waals surface area contributed by atoms with Crippen LogP contribution in [0.25, 0.3) is 5.76 Å². The highest BCUT2D eigenvalue weighted by Gasteiger charge is 2.43. The van der Waals surface area contributed by atoms with Crippen LogP contribution in [0.1, 0.15) is 22.3 Å². The van der Waals surface area contributed by atoms with E-state index in [0.29, 0.717) is 23.0 Å². The highest BCUT2D eigenvalue weighted by atomic mass is 31.2. The molecule has 33 heavy (non-hydrogen) atoms. The van der Waals surface area contributed by atoms with Crippen LogP contribution in [0.4, 0.5) is 0 Å². The van der Waals surface area contributed by atoms with Gasteiger partial charge in [-0.15, -0.1) is 0 Å². The summed E-state index contributed by atoms with van der Waals surface area (Å²) in [5, 5.41) is 0. The summed E-state index contributed by atoms with van der Waals surface area (Å²) in [7, 11) is -3.79. The minimum Gasteiger partial charge on any atom is -0.457 e. The fourth-order valence-corrected chi connectivity index (χ4v) is 5.69. The van der Waals surface area contributed by atoms with Crippen molar-refractivity contribution in [2.45, 2.75) is 12.6 Å². The first-order valence-electron chi connectivity index (χ1n) is 10.8. The van der Waals surface area contributed by atoms with Crippen molar-refractivity contribution in [1.29, 1.82) is 0 Å². The standard InChI is InChI=1S/C28H23O4P/c1-21-16-18-22(19-17-21)27-20-28(25-14-8-9-15-26(25)30-27)33(29,31-23-10-4-2-5-11-23)32-24-12-6-3-7-13-24/h2-20,28H,1H3. The van der Waals surface area contributed by atoms with E-state index in [0.717, 1.165) is 16.7 Å². The van der Waals surface area contributed by atoms with Gasteiger partial charge in [-0.2, -0.15) is 0 Å². The maximum absolute atomic E-state index is 14.6. The fourth-order valence-electron chi connectivity index (χ4n) is 3.73. The van der Waals surface area contributed by atoms with Gasteiger partial charge in [-0.3, -0.25) is 0 Å². The summed E-state index contributed by atoms with van der Waals surface area (Å²) >= 11 is 0. The number of hydrogen-bond acceptors (Lipinski definition) is 4. The lowest BCUT2D eigenvalue weighted by Gasteiger charge is -2.30. The van der Waals surface area contributed by atoms with Crippen LogP contribution in [-0.2, 0) is 4.57 Å². The van der Waals surface area contributed by atoms with Gasteiger partial charge >= 0.3 is 7.60 Å². The first kappa shape index (κ1) is 21.1. The molecule has 0 aromatic heterocycles. The van der Waals surface area contributed by atoms with Gasteiger partial charge in [-0.05, 0) is 43.3 Å². The molecule has 5 rings (SSSR count). The molecule has 4 aromatic carbocycles. The van der Waals surface area contributed by atoms with E-state index >= 15 is 0 Å². The van der Waals surface area contributed by atoms with Gasteiger partial charge < -0.3 is 13.8 Å². The minimum atomic E-state index is -3.79. The monoisotopic (exact) mass is 454 g/mol. The van der Waals surface area contributed by atoms with E-state index in [9.17, 15) is 4.57 Å². The molecule has 1 heterocycles. The topological polar surface area (TPSA) is 44.8 Å². The predicted octanol–water partition coefficient (Wildman–Crippen LogP) is 7.82. The molecule has 5 heteroatoms. The predicted molar refractivity (Wildman–Crippen MR) is 131 cm³/mol. The average Bonchev–Trinajstić information content (AvgIpc) is 2.85. The molecule has 0 aliphatic carbocycles. The second kappa shape index (κ2) is 9.01. The Morgan fingerprint density at radius 3 is 1.85 bits per heavy atom. The van der Waals surface area contributed by atoms with E-state index in [1.165, 1.54) is 0 Å². The highest BCUT2D eigenvalue weighted by Crippen LogP contribution is 2.63. The van der Waals surface area contributed by atoms with Crippen molar-refractivity contribution in [2.75, 3.05) is 0 Å². The number of ether oxygens (including phenoxy) is 1. The smallest absolute Gasteiger partial charge is 0.442 e. The molecule has 1 aliphatic rings. The zero-order valence-electron chi connectivity index (χ0n) is 18.1. The number of para-hydroxylation sites is 3. The van der Waals surface area contributed by atoms with Crippen molar-refractivity contribution < 1.29 is 18.3 Å². The van der Waals surface area contributed by atoms with E-state index in [1.807, 2.05) is 97.9 Å². The fraction of sp³-hybridized carbons (Fsp3) is 0.0714. The third-order valence-electron chi connectivity index (χ3n) is 5.40. The molecular weight excluding hydrogens is 431 g/mol. The number of fused-ring (bicyclic) bond motifs is 1. The Morgan fingerprint density at radius 2 is 1.24 bits per heavy atom. The van der Waals surface area contributed by atoms with Crippen LogP contribution in [0, 0.1) is 6.92 Å². The number of benzene rings is 4. The molecule has 0 saturated heterocycles. The SMILES string of the molecule is Cc1ccc(C2=CC(P(=O)(Oc3ccccc3)Oc3ccccc3)c3ccccc3O2)cc1. The highest BCUT2D eigenvalue weighted by molar-refractivity contribution is 7.55. The zero-order chi connectivity index (χ0) is 22.7. The quantitative estimate of drug-likeness (QED) is 0.279. The van der Waals surface area contributed by atoms with E-state index in [-0.39, 0.29) is 0 Å². The zero-order valence-corrected chi connectivity index (χ0v) is 19.0. The van der Waals surface area contributed by atoms with Gasteiger partial charge in [0.1, 0.15) is 28.7 Å². The maximum Gasteiger partial charge on any atom is 0.442 e. The summed E-state index contributed by atoms with van der Waals surface area (Å²) in [6.45, 7) is 2.04. The Balaban J connectivity index is 1.63. The molecule has 1 unspecified atom stereocenters. The lowest BCUT2D eigenvalue weighted by molar-refractivity contribution is 0.375. The summed E-state index contributed by atoms with van der Waals surface area (Å²) in [4.78, 5) is 0. The number of hydrogen-bond donors (Lipinski definition) is 0. The molecule has 1 aliphatic heterocycles. The second-order valence-electron chi connectivity index (χ2n) is 7.83. The number of allylic oxidation sites excluding steroid dienone is 1.